The highest BCUT2D eigenvalue weighted by Gasteiger charge is 2.50. The molecule has 0 saturated carbocycles. The molecular formula is C71H120O12. The summed E-state index contributed by atoms with van der Waals surface area (Å²) in [5, 5.41) is 31.6. The lowest BCUT2D eigenvalue weighted by Gasteiger charge is -2.40. The third-order valence-electron chi connectivity index (χ3n) is 14.9. The van der Waals surface area contributed by atoms with E-state index >= 15 is 0 Å². The first kappa shape index (κ1) is 76.9. The van der Waals surface area contributed by atoms with Gasteiger partial charge in [-0.05, 0) is 116 Å². The van der Waals surface area contributed by atoms with Crippen molar-refractivity contribution in [3.8, 4) is 0 Å². The average Bonchev–Trinajstić information content (AvgIpc) is 3.57. The Balaban J connectivity index is 2.67. The topological polar surface area (TPSA) is 175 Å². The zero-order valence-corrected chi connectivity index (χ0v) is 52.7. The van der Waals surface area contributed by atoms with Gasteiger partial charge in [0.2, 0.25) is 0 Å². The molecule has 1 fully saturated rings. The molecular weight excluding hydrogens is 1040 g/mol. The smallest absolute Gasteiger partial charge is 0.335 e. The number of carbonyl (C=O) groups excluding carboxylic acids is 3. The fraction of sp³-hybridized carbons (Fsp3) is 0.746. The summed E-state index contributed by atoms with van der Waals surface area (Å²) in [4.78, 5) is 51.4. The molecule has 1 rings (SSSR count). The summed E-state index contributed by atoms with van der Waals surface area (Å²) in [5.74, 6) is -3.17. The molecule has 0 amide bonds. The maximum absolute atomic E-state index is 13.2. The number of ether oxygens (including phenoxy) is 5. The van der Waals surface area contributed by atoms with Crippen LogP contribution >= 0.6 is 0 Å². The van der Waals surface area contributed by atoms with Crippen LogP contribution < -0.4 is 0 Å². The Hall–Kier alpha value is -4.10. The van der Waals surface area contributed by atoms with E-state index in [1.807, 2.05) is 0 Å². The quantitative estimate of drug-likeness (QED) is 0.0228. The molecule has 12 nitrogen and oxygen atoms in total. The maximum atomic E-state index is 13.2. The Labute approximate surface area is 505 Å². The van der Waals surface area contributed by atoms with Gasteiger partial charge in [-0.3, -0.25) is 14.4 Å². The first-order valence-electron chi connectivity index (χ1n) is 33.6. The minimum absolute atomic E-state index is 0.0523. The summed E-state index contributed by atoms with van der Waals surface area (Å²) >= 11 is 0. The lowest BCUT2D eigenvalue weighted by molar-refractivity contribution is -0.301. The summed E-state index contributed by atoms with van der Waals surface area (Å²) in [5.41, 5.74) is 0. The van der Waals surface area contributed by atoms with E-state index in [1.165, 1.54) is 109 Å². The zero-order valence-electron chi connectivity index (χ0n) is 52.7. The second kappa shape index (κ2) is 58.3. The molecule has 12 heteroatoms. The number of rotatable bonds is 57. The van der Waals surface area contributed by atoms with Crippen LogP contribution in [-0.4, -0.2) is 89.2 Å². The van der Waals surface area contributed by atoms with Crippen molar-refractivity contribution < 1.29 is 58.2 Å². The second-order valence-corrected chi connectivity index (χ2v) is 22.7. The van der Waals surface area contributed by atoms with Crippen molar-refractivity contribution in [2.24, 2.45) is 0 Å². The van der Waals surface area contributed by atoms with Gasteiger partial charge >= 0.3 is 23.9 Å². The standard InChI is InChI=1S/C71H120O12/c1-4-7-10-13-16-19-22-25-28-30-32-34-37-39-42-45-48-51-54-57-63(72)79-60-62(81-64(73)58-55-52-49-46-43-40-36-27-24-21-18-15-12-9-6-3)61-80-71-69(67(76)66(75)68(83-71)70(77)78)82-65(74)59-56-53-50-47-44-41-38-35-33-31-29-26-23-20-17-14-11-8-5-2/h7,10,16,19,25-29,32,34,36,39,42,62,66-69,71,75-76H,4-6,8-9,11-15,17-18,20-24,30-31,33,35,37-38,40-41,43-61H2,1-3H3,(H,77,78)/b10-7-,19-16-,28-25-,29-26-,34-32-,36-27-,42-39-. The third kappa shape index (κ3) is 47.8. The average molecular weight is 1170 g/mol. The van der Waals surface area contributed by atoms with Crippen molar-refractivity contribution in [3.05, 3.63) is 85.1 Å². The lowest BCUT2D eigenvalue weighted by atomic mass is 9.98. The molecule has 0 spiro atoms. The molecule has 1 heterocycles. The van der Waals surface area contributed by atoms with Crippen LogP contribution in [0, 0.1) is 0 Å². The predicted molar refractivity (Wildman–Crippen MR) is 340 cm³/mol. The largest absolute Gasteiger partial charge is 0.479 e. The number of carboxylic acids is 1. The number of hydrogen-bond donors (Lipinski definition) is 3. The number of aliphatic carboxylic acids is 1. The summed E-state index contributed by atoms with van der Waals surface area (Å²) in [6, 6.07) is 0. The van der Waals surface area contributed by atoms with Gasteiger partial charge in [0.05, 0.1) is 6.61 Å². The number of aliphatic hydroxyl groups is 2. The van der Waals surface area contributed by atoms with Gasteiger partial charge in [-0.2, -0.15) is 0 Å². The van der Waals surface area contributed by atoms with Crippen LogP contribution in [0.1, 0.15) is 290 Å². The molecule has 1 aliphatic rings. The zero-order chi connectivity index (χ0) is 60.3. The van der Waals surface area contributed by atoms with Crippen LogP contribution in [0.15, 0.2) is 85.1 Å². The van der Waals surface area contributed by atoms with Gasteiger partial charge < -0.3 is 39.0 Å². The highest BCUT2D eigenvalue weighted by Crippen LogP contribution is 2.27. The summed E-state index contributed by atoms with van der Waals surface area (Å²) in [6.07, 6.45) is 63.9. The van der Waals surface area contributed by atoms with Crippen LogP contribution in [0.2, 0.25) is 0 Å². The molecule has 0 radical (unpaired) electrons. The van der Waals surface area contributed by atoms with Crippen LogP contribution in [0.4, 0.5) is 0 Å². The first-order valence-corrected chi connectivity index (χ1v) is 33.6. The van der Waals surface area contributed by atoms with Gasteiger partial charge in [0.15, 0.2) is 24.6 Å². The predicted octanol–water partition coefficient (Wildman–Crippen LogP) is 18.2. The van der Waals surface area contributed by atoms with E-state index in [2.05, 4.69) is 106 Å². The Morgan fingerprint density at radius 3 is 1.18 bits per heavy atom. The first-order chi connectivity index (χ1) is 40.6. The number of carbonyl (C=O) groups is 4. The minimum Gasteiger partial charge on any atom is -0.479 e. The monoisotopic (exact) mass is 1160 g/mol. The molecule has 0 bridgehead atoms. The lowest BCUT2D eigenvalue weighted by Crippen LogP contribution is -2.61. The molecule has 1 aliphatic heterocycles. The summed E-state index contributed by atoms with van der Waals surface area (Å²) < 4.78 is 28.5. The molecule has 83 heavy (non-hydrogen) atoms. The number of carboxylic acid groups (broad SMARTS) is 1. The Bertz CT molecular complexity index is 1760. The number of allylic oxidation sites excluding steroid dienone is 14. The van der Waals surface area contributed by atoms with Crippen molar-refractivity contribution >= 4 is 23.9 Å². The van der Waals surface area contributed by atoms with Crippen molar-refractivity contribution in [2.75, 3.05) is 13.2 Å². The van der Waals surface area contributed by atoms with E-state index in [0.717, 1.165) is 122 Å². The highest BCUT2D eigenvalue weighted by atomic mass is 16.7. The van der Waals surface area contributed by atoms with Crippen molar-refractivity contribution in [2.45, 2.75) is 327 Å². The molecule has 476 valence electrons. The van der Waals surface area contributed by atoms with Gasteiger partial charge in [-0.1, -0.05) is 241 Å². The summed E-state index contributed by atoms with van der Waals surface area (Å²) in [6.45, 7) is 5.87. The Kier molecular flexibility index (Phi) is 54.0. The summed E-state index contributed by atoms with van der Waals surface area (Å²) in [7, 11) is 0. The van der Waals surface area contributed by atoms with Gasteiger partial charge in [0.1, 0.15) is 18.8 Å². The number of aliphatic hydroxyl groups excluding tert-OH is 2. The van der Waals surface area contributed by atoms with Crippen molar-refractivity contribution in [1.29, 1.82) is 0 Å². The minimum atomic E-state index is -1.91. The molecule has 0 aromatic carbocycles. The van der Waals surface area contributed by atoms with Gasteiger partial charge in [-0.15, -0.1) is 0 Å². The molecule has 3 N–H and O–H groups in total. The van der Waals surface area contributed by atoms with E-state index in [9.17, 15) is 34.5 Å². The fourth-order valence-corrected chi connectivity index (χ4v) is 9.80. The van der Waals surface area contributed by atoms with Crippen LogP contribution in [0.25, 0.3) is 0 Å². The van der Waals surface area contributed by atoms with Crippen molar-refractivity contribution in [3.63, 3.8) is 0 Å². The molecule has 1 saturated heterocycles. The Morgan fingerprint density at radius 2 is 0.759 bits per heavy atom. The molecule has 0 aromatic heterocycles. The molecule has 0 aliphatic carbocycles. The van der Waals surface area contributed by atoms with E-state index in [0.29, 0.717) is 19.3 Å². The molecule has 6 unspecified atom stereocenters. The van der Waals surface area contributed by atoms with E-state index in [4.69, 9.17) is 23.7 Å². The number of unbranched alkanes of at least 4 members (excludes halogenated alkanes) is 29. The van der Waals surface area contributed by atoms with Crippen molar-refractivity contribution in [1.82, 2.24) is 0 Å². The maximum Gasteiger partial charge on any atom is 0.335 e. The molecule has 0 aromatic rings. The highest BCUT2D eigenvalue weighted by molar-refractivity contribution is 5.74. The van der Waals surface area contributed by atoms with E-state index in [-0.39, 0.29) is 25.9 Å². The van der Waals surface area contributed by atoms with Crippen LogP contribution in [0.5, 0.6) is 0 Å². The number of hydrogen-bond acceptors (Lipinski definition) is 11. The van der Waals surface area contributed by atoms with Gasteiger partial charge in [-0.25, -0.2) is 4.79 Å². The molecule has 6 atom stereocenters. The fourth-order valence-electron chi connectivity index (χ4n) is 9.80. The SMILES string of the molecule is CC/C=C\C/C=C\C/C=C\C/C=C\C/C=C\CCCCCC(=O)OCC(COC1OC(C(=O)O)C(O)C(O)C1OC(=O)CCCCCCCCCCC/C=C\CCCCCCCC)OC(=O)CCCCCCC/C=C\CCCCCCCC. The van der Waals surface area contributed by atoms with Gasteiger partial charge in [0.25, 0.3) is 0 Å². The van der Waals surface area contributed by atoms with Gasteiger partial charge in [0, 0.05) is 19.3 Å². The van der Waals surface area contributed by atoms with Crippen LogP contribution in [0.3, 0.4) is 0 Å². The van der Waals surface area contributed by atoms with E-state index < -0.39 is 67.3 Å². The Morgan fingerprint density at radius 1 is 0.410 bits per heavy atom. The normalized spacial score (nSPS) is 18.1. The van der Waals surface area contributed by atoms with Crippen LogP contribution in [-0.2, 0) is 42.9 Å². The number of esters is 3. The third-order valence-corrected chi connectivity index (χ3v) is 14.9. The van der Waals surface area contributed by atoms with E-state index in [1.54, 1.807) is 0 Å². The second-order valence-electron chi connectivity index (χ2n) is 22.7.